The van der Waals surface area contributed by atoms with Crippen molar-refractivity contribution in [2.45, 2.75) is 44.3 Å². The maximum atomic E-state index is 10.2. The van der Waals surface area contributed by atoms with Gasteiger partial charge in [0.1, 0.15) is 36.1 Å². The Morgan fingerprint density at radius 1 is 1.30 bits per heavy atom. The van der Waals surface area contributed by atoms with Crippen molar-refractivity contribution in [2.24, 2.45) is 0 Å². The van der Waals surface area contributed by atoms with Gasteiger partial charge in [-0.25, -0.2) is 9.97 Å². The zero-order chi connectivity index (χ0) is 16.4. The molecule has 0 bridgehead atoms. The average molecular weight is 322 g/mol. The lowest BCUT2D eigenvalue weighted by Crippen LogP contribution is -2.33. The van der Waals surface area contributed by atoms with E-state index < -0.39 is 24.5 Å². The molecule has 4 atom stereocenters. The van der Waals surface area contributed by atoms with Crippen molar-refractivity contribution in [1.82, 2.24) is 14.5 Å². The zero-order valence-corrected chi connectivity index (χ0v) is 13.0. The number of unbranched alkanes of at least 4 members (excludes halogenated alkanes) is 1. The average Bonchev–Trinajstić information content (AvgIpc) is 3.11. The Labute approximate surface area is 133 Å². The molecule has 126 valence electrons. The van der Waals surface area contributed by atoms with Gasteiger partial charge in [-0.1, -0.05) is 13.3 Å². The van der Waals surface area contributed by atoms with Crippen molar-refractivity contribution < 1.29 is 20.1 Å². The first-order valence-electron chi connectivity index (χ1n) is 7.85. The lowest BCUT2D eigenvalue weighted by atomic mass is 10.1. The Kier molecular flexibility index (Phi) is 4.76. The topological polar surface area (TPSA) is 113 Å². The summed E-state index contributed by atoms with van der Waals surface area (Å²) < 4.78 is 7.22. The maximum Gasteiger partial charge on any atom is 0.164 e. The molecule has 0 aromatic carbocycles. The highest BCUT2D eigenvalue weighted by molar-refractivity contribution is 5.87. The second-order valence-electron chi connectivity index (χ2n) is 5.69. The molecule has 0 unspecified atom stereocenters. The molecule has 3 heterocycles. The van der Waals surface area contributed by atoms with Gasteiger partial charge in [-0.3, -0.25) is 0 Å². The molecule has 2 aromatic heterocycles. The van der Waals surface area contributed by atoms with Crippen LogP contribution in [-0.2, 0) is 4.74 Å². The van der Waals surface area contributed by atoms with Crippen molar-refractivity contribution in [1.29, 1.82) is 0 Å². The molecule has 0 saturated carbocycles. The van der Waals surface area contributed by atoms with Crippen LogP contribution in [0.25, 0.3) is 11.0 Å². The number of anilines is 1. The van der Waals surface area contributed by atoms with Gasteiger partial charge in [0.2, 0.25) is 0 Å². The van der Waals surface area contributed by atoms with E-state index in [1.807, 2.05) is 6.07 Å². The van der Waals surface area contributed by atoms with Gasteiger partial charge in [-0.15, -0.1) is 0 Å². The van der Waals surface area contributed by atoms with Gasteiger partial charge >= 0.3 is 0 Å². The van der Waals surface area contributed by atoms with Gasteiger partial charge < -0.3 is 29.9 Å². The van der Waals surface area contributed by atoms with Crippen LogP contribution in [0.2, 0.25) is 0 Å². The van der Waals surface area contributed by atoms with Crippen LogP contribution >= 0.6 is 0 Å². The van der Waals surface area contributed by atoms with Crippen molar-refractivity contribution in [3.8, 4) is 0 Å². The zero-order valence-electron chi connectivity index (χ0n) is 13.0. The Morgan fingerprint density at radius 2 is 2.13 bits per heavy atom. The van der Waals surface area contributed by atoms with Crippen LogP contribution < -0.4 is 5.32 Å². The number of aliphatic hydroxyl groups is 3. The normalized spacial score (nSPS) is 27.7. The molecular formula is C15H22N4O4. The molecule has 1 saturated heterocycles. The minimum Gasteiger partial charge on any atom is -0.394 e. The highest BCUT2D eigenvalue weighted by Crippen LogP contribution is 2.32. The number of aromatic nitrogens is 3. The minimum absolute atomic E-state index is 0.354. The monoisotopic (exact) mass is 322 g/mol. The second kappa shape index (κ2) is 6.79. The predicted octanol–water partition coefficient (Wildman–Crippen LogP) is 0.255. The highest BCUT2D eigenvalue weighted by atomic mass is 16.6. The van der Waals surface area contributed by atoms with Crippen LogP contribution in [0.4, 0.5) is 5.82 Å². The molecular weight excluding hydrogens is 300 g/mol. The first-order valence-corrected chi connectivity index (χ1v) is 7.85. The fraction of sp³-hybridized carbons (Fsp3) is 0.600. The summed E-state index contributed by atoms with van der Waals surface area (Å²) in [5.74, 6) is 0.731. The van der Waals surface area contributed by atoms with Gasteiger partial charge in [0.15, 0.2) is 6.23 Å². The molecule has 1 aliphatic rings. The molecule has 8 heteroatoms. The number of ether oxygens (including phenoxy) is 1. The van der Waals surface area contributed by atoms with Crippen LogP contribution in [-0.4, -0.2) is 61.3 Å². The van der Waals surface area contributed by atoms with Crippen molar-refractivity contribution in [3.63, 3.8) is 0 Å². The molecule has 0 radical (unpaired) electrons. The van der Waals surface area contributed by atoms with E-state index in [1.54, 1.807) is 10.8 Å². The molecule has 0 aliphatic carbocycles. The standard InChI is InChI=1S/C15H22N4O4/c1-2-3-5-16-13-9-4-6-19(14(9)18-8-17-13)15-12(22)11(21)10(7-20)23-15/h4,6,8,10-12,15,20-22H,2-3,5,7H2,1H3,(H,16,17,18)/t10-,11-,12-,15-/m1/s1. The van der Waals surface area contributed by atoms with E-state index in [9.17, 15) is 15.3 Å². The van der Waals surface area contributed by atoms with Gasteiger partial charge in [0.05, 0.1) is 12.0 Å². The summed E-state index contributed by atoms with van der Waals surface area (Å²) in [4.78, 5) is 8.52. The summed E-state index contributed by atoms with van der Waals surface area (Å²) >= 11 is 0. The number of rotatable bonds is 6. The van der Waals surface area contributed by atoms with E-state index in [0.717, 1.165) is 30.6 Å². The van der Waals surface area contributed by atoms with Gasteiger partial charge in [0, 0.05) is 12.7 Å². The number of nitrogens with one attached hydrogen (secondary N) is 1. The molecule has 2 aromatic rings. The van der Waals surface area contributed by atoms with E-state index in [-0.39, 0.29) is 6.61 Å². The largest absolute Gasteiger partial charge is 0.394 e. The van der Waals surface area contributed by atoms with E-state index in [0.29, 0.717) is 5.65 Å². The van der Waals surface area contributed by atoms with Crippen LogP contribution in [0.5, 0.6) is 0 Å². The van der Waals surface area contributed by atoms with E-state index in [1.165, 1.54) is 6.33 Å². The lowest BCUT2D eigenvalue weighted by molar-refractivity contribution is -0.0508. The van der Waals surface area contributed by atoms with Crippen LogP contribution in [0.3, 0.4) is 0 Å². The number of hydrogen-bond donors (Lipinski definition) is 4. The van der Waals surface area contributed by atoms with E-state index in [4.69, 9.17) is 4.74 Å². The third-order valence-electron chi connectivity index (χ3n) is 4.12. The van der Waals surface area contributed by atoms with Crippen LogP contribution in [0.15, 0.2) is 18.6 Å². The number of nitrogens with zero attached hydrogens (tertiary/aromatic N) is 3. The Hall–Kier alpha value is -1.74. The van der Waals surface area contributed by atoms with Crippen molar-refractivity contribution in [2.75, 3.05) is 18.5 Å². The third-order valence-corrected chi connectivity index (χ3v) is 4.12. The van der Waals surface area contributed by atoms with E-state index in [2.05, 4.69) is 22.2 Å². The molecule has 8 nitrogen and oxygen atoms in total. The summed E-state index contributed by atoms with van der Waals surface area (Å²) in [5.41, 5.74) is 0.605. The summed E-state index contributed by atoms with van der Waals surface area (Å²) in [5, 5.41) is 33.4. The quantitative estimate of drug-likeness (QED) is 0.564. The van der Waals surface area contributed by atoms with Gasteiger partial charge in [-0.05, 0) is 12.5 Å². The fourth-order valence-electron chi connectivity index (χ4n) is 2.81. The minimum atomic E-state index is -1.13. The predicted molar refractivity (Wildman–Crippen MR) is 83.9 cm³/mol. The molecule has 23 heavy (non-hydrogen) atoms. The second-order valence-corrected chi connectivity index (χ2v) is 5.69. The smallest absolute Gasteiger partial charge is 0.164 e. The van der Waals surface area contributed by atoms with Gasteiger partial charge in [0.25, 0.3) is 0 Å². The molecule has 4 N–H and O–H groups in total. The first-order chi connectivity index (χ1) is 11.2. The fourth-order valence-corrected chi connectivity index (χ4v) is 2.81. The molecule has 0 spiro atoms. The third kappa shape index (κ3) is 2.90. The Bertz CT molecular complexity index is 662. The maximum absolute atomic E-state index is 10.2. The number of fused-ring (bicyclic) bond motifs is 1. The number of aliphatic hydroxyl groups excluding tert-OH is 3. The van der Waals surface area contributed by atoms with Gasteiger partial charge in [-0.2, -0.15) is 0 Å². The molecule has 0 amide bonds. The summed E-state index contributed by atoms with van der Waals surface area (Å²) in [6.07, 6.45) is 1.46. The van der Waals surface area contributed by atoms with Crippen molar-refractivity contribution >= 4 is 16.9 Å². The Balaban J connectivity index is 1.90. The highest BCUT2D eigenvalue weighted by Gasteiger charge is 2.43. The summed E-state index contributed by atoms with van der Waals surface area (Å²) in [6.45, 7) is 2.59. The molecule has 1 aliphatic heterocycles. The number of hydrogen-bond acceptors (Lipinski definition) is 7. The van der Waals surface area contributed by atoms with E-state index >= 15 is 0 Å². The lowest BCUT2D eigenvalue weighted by Gasteiger charge is -2.17. The SMILES string of the molecule is CCCCNc1ncnc2c1ccn2[C@@H]1O[C@H](CO)[C@@H](O)[C@H]1O. The summed E-state index contributed by atoms with van der Waals surface area (Å²) in [7, 11) is 0. The molecule has 1 fully saturated rings. The summed E-state index contributed by atoms with van der Waals surface area (Å²) in [6, 6.07) is 1.85. The first kappa shape index (κ1) is 16.1. The van der Waals surface area contributed by atoms with Crippen LogP contribution in [0.1, 0.15) is 26.0 Å². The van der Waals surface area contributed by atoms with Crippen molar-refractivity contribution in [3.05, 3.63) is 18.6 Å². The Morgan fingerprint density at radius 3 is 2.83 bits per heavy atom. The molecule has 3 rings (SSSR count). The van der Waals surface area contributed by atoms with Crippen LogP contribution in [0, 0.1) is 0 Å².